The van der Waals surface area contributed by atoms with E-state index in [1.165, 1.54) is 6.07 Å². The molecule has 4 rings (SSSR count). The van der Waals surface area contributed by atoms with E-state index in [4.69, 9.17) is 20.9 Å². The quantitative estimate of drug-likeness (QED) is 0.474. The highest BCUT2D eigenvalue weighted by Crippen LogP contribution is 2.19. The minimum Gasteiger partial charge on any atom is -0.485 e. The van der Waals surface area contributed by atoms with Gasteiger partial charge in [0.25, 0.3) is 0 Å². The molecule has 0 amide bonds. The van der Waals surface area contributed by atoms with E-state index in [-0.39, 0.29) is 12.4 Å². The predicted molar refractivity (Wildman–Crippen MR) is 119 cm³/mol. The van der Waals surface area contributed by atoms with E-state index in [1.807, 2.05) is 36.4 Å². The first kappa shape index (κ1) is 21.6. The second-order valence-electron chi connectivity index (χ2n) is 6.43. The van der Waals surface area contributed by atoms with Crippen molar-refractivity contribution < 1.29 is 13.9 Å². The molecule has 0 aliphatic heterocycles. The minimum absolute atomic E-state index is 0.141. The molecule has 0 unspecified atom stereocenters. The molecule has 0 saturated carbocycles. The van der Waals surface area contributed by atoms with Crippen molar-refractivity contribution in [3.63, 3.8) is 0 Å². The average Bonchev–Trinajstić information content (AvgIpc) is 2.80. The number of halogens is 1. The SMILES string of the molecule is Nc1ncccc1OCc1ccccc1.Nc1ncccc1OCc1ccccc1F. The molecule has 158 valence electrons. The summed E-state index contributed by atoms with van der Waals surface area (Å²) < 4.78 is 24.2. The Bertz CT molecular complexity index is 1050. The summed E-state index contributed by atoms with van der Waals surface area (Å²) in [5, 5.41) is 0. The fourth-order valence-electron chi connectivity index (χ4n) is 2.56. The first-order valence-corrected chi connectivity index (χ1v) is 9.57. The van der Waals surface area contributed by atoms with Gasteiger partial charge in [0.2, 0.25) is 0 Å². The van der Waals surface area contributed by atoms with Crippen LogP contribution in [0.15, 0.2) is 91.3 Å². The molecule has 2 aromatic heterocycles. The Morgan fingerprint density at radius 3 is 1.77 bits per heavy atom. The Balaban J connectivity index is 0.000000176. The molecule has 2 heterocycles. The van der Waals surface area contributed by atoms with Crippen LogP contribution in [0.4, 0.5) is 16.0 Å². The number of nitrogens with zero attached hydrogens (tertiary/aromatic N) is 2. The first-order chi connectivity index (χ1) is 15.1. The summed E-state index contributed by atoms with van der Waals surface area (Å²) in [6.45, 7) is 0.652. The van der Waals surface area contributed by atoms with Gasteiger partial charge in [0, 0.05) is 18.0 Å². The van der Waals surface area contributed by atoms with Crippen molar-refractivity contribution in [2.45, 2.75) is 13.2 Å². The zero-order chi connectivity index (χ0) is 21.9. The fraction of sp³-hybridized carbons (Fsp3) is 0.0833. The third-order valence-corrected chi connectivity index (χ3v) is 4.18. The van der Waals surface area contributed by atoms with E-state index >= 15 is 0 Å². The van der Waals surface area contributed by atoms with Gasteiger partial charge in [-0.25, -0.2) is 14.4 Å². The van der Waals surface area contributed by atoms with Gasteiger partial charge in [-0.1, -0.05) is 48.5 Å². The van der Waals surface area contributed by atoms with Gasteiger partial charge >= 0.3 is 0 Å². The maximum absolute atomic E-state index is 13.3. The van der Waals surface area contributed by atoms with Crippen molar-refractivity contribution in [2.75, 3.05) is 11.5 Å². The van der Waals surface area contributed by atoms with Crippen LogP contribution in [0.3, 0.4) is 0 Å². The van der Waals surface area contributed by atoms with Gasteiger partial charge in [-0.2, -0.15) is 0 Å². The molecule has 4 aromatic rings. The molecule has 0 aliphatic rings. The smallest absolute Gasteiger partial charge is 0.166 e. The minimum atomic E-state index is -0.287. The summed E-state index contributed by atoms with van der Waals surface area (Å²) >= 11 is 0. The normalized spacial score (nSPS) is 9.97. The van der Waals surface area contributed by atoms with Gasteiger partial charge in [0.1, 0.15) is 19.0 Å². The number of ether oxygens (including phenoxy) is 2. The van der Waals surface area contributed by atoms with Crippen LogP contribution in [-0.2, 0) is 13.2 Å². The van der Waals surface area contributed by atoms with E-state index in [9.17, 15) is 4.39 Å². The number of benzene rings is 2. The van der Waals surface area contributed by atoms with Crippen LogP contribution < -0.4 is 20.9 Å². The molecule has 0 spiro atoms. The molecule has 0 saturated heterocycles. The molecule has 4 N–H and O–H groups in total. The zero-order valence-corrected chi connectivity index (χ0v) is 16.8. The van der Waals surface area contributed by atoms with Crippen LogP contribution in [0.1, 0.15) is 11.1 Å². The number of hydrogen-bond donors (Lipinski definition) is 2. The highest BCUT2D eigenvalue weighted by Gasteiger charge is 2.04. The lowest BCUT2D eigenvalue weighted by molar-refractivity contribution is 0.300. The lowest BCUT2D eigenvalue weighted by Gasteiger charge is -2.08. The van der Waals surface area contributed by atoms with Crippen molar-refractivity contribution in [1.29, 1.82) is 0 Å². The number of nitrogens with two attached hydrogens (primary N) is 2. The maximum atomic E-state index is 13.3. The van der Waals surface area contributed by atoms with Gasteiger partial charge in [-0.3, -0.25) is 0 Å². The summed E-state index contributed by atoms with van der Waals surface area (Å²) in [5.74, 6) is 1.53. The molecular formula is C24H23FN4O2. The third kappa shape index (κ3) is 6.71. The van der Waals surface area contributed by atoms with Crippen LogP contribution in [-0.4, -0.2) is 9.97 Å². The number of pyridine rings is 2. The average molecular weight is 418 g/mol. The Morgan fingerprint density at radius 1 is 0.645 bits per heavy atom. The molecule has 31 heavy (non-hydrogen) atoms. The van der Waals surface area contributed by atoms with Crippen LogP contribution in [0.5, 0.6) is 11.5 Å². The molecule has 2 aromatic carbocycles. The summed E-state index contributed by atoms with van der Waals surface area (Å²) in [6, 6.07) is 23.4. The van der Waals surface area contributed by atoms with Gasteiger partial charge in [0.05, 0.1) is 0 Å². The van der Waals surface area contributed by atoms with E-state index in [1.54, 1.807) is 48.8 Å². The van der Waals surface area contributed by atoms with E-state index in [0.717, 1.165) is 5.56 Å². The van der Waals surface area contributed by atoms with Crippen molar-refractivity contribution >= 4 is 11.6 Å². The molecule has 0 fully saturated rings. The molecule has 7 heteroatoms. The standard InChI is InChI=1S/C12H11FN2O.C12H12N2O/c13-10-5-2-1-4-9(10)8-16-11-6-3-7-15-12(11)14;13-12-11(7-4-8-14-12)15-9-10-5-2-1-3-6-10/h1-7H,8H2,(H2,14,15);1-8H,9H2,(H2,13,14). The van der Waals surface area contributed by atoms with Crippen LogP contribution in [0.2, 0.25) is 0 Å². The summed E-state index contributed by atoms with van der Waals surface area (Å²) in [7, 11) is 0. The van der Waals surface area contributed by atoms with E-state index in [0.29, 0.717) is 35.3 Å². The Kier molecular flexibility index (Phi) is 7.77. The highest BCUT2D eigenvalue weighted by atomic mass is 19.1. The second-order valence-corrected chi connectivity index (χ2v) is 6.43. The number of hydrogen-bond acceptors (Lipinski definition) is 6. The fourth-order valence-corrected chi connectivity index (χ4v) is 2.56. The zero-order valence-electron chi connectivity index (χ0n) is 16.8. The Hall–Kier alpha value is -4.13. The predicted octanol–water partition coefficient (Wildman–Crippen LogP) is 4.62. The first-order valence-electron chi connectivity index (χ1n) is 9.57. The highest BCUT2D eigenvalue weighted by molar-refractivity contribution is 5.45. The lowest BCUT2D eigenvalue weighted by Crippen LogP contribution is -2.01. The van der Waals surface area contributed by atoms with Gasteiger partial charge in [-0.15, -0.1) is 0 Å². The van der Waals surface area contributed by atoms with Crippen LogP contribution in [0, 0.1) is 5.82 Å². The maximum Gasteiger partial charge on any atom is 0.166 e. The van der Waals surface area contributed by atoms with E-state index in [2.05, 4.69) is 9.97 Å². The Morgan fingerprint density at radius 2 is 1.19 bits per heavy atom. The molecule has 0 aliphatic carbocycles. The van der Waals surface area contributed by atoms with Crippen molar-refractivity contribution in [2.24, 2.45) is 0 Å². The number of rotatable bonds is 6. The molecule has 0 radical (unpaired) electrons. The number of nitrogen functional groups attached to an aromatic ring is 2. The summed E-state index contributed by atoms with van der Waals surface area (Å²) in [5.41, 5.74) is 12.8. The second kappa shape index (κ2) is 11.2. The largest absolute Gasteiger partial charge is 0.485 e. The third-order valence-electron chi connectivity index (χ3n) is 4.18. The van der Waals surface area contributed by atoms with Crippen molar-refractivity contribution in [1.82, 2.24) is 9.97 Å². The van der Waals surface area contributed by atoms with Crippen molar-refractivity contribution in [3.8, 4) is 11.5 Å². The van der Waals surface area contributed by atoms with Crippen LogP contribution >= 0.6 is 0 Å². The summed E-state index contributed by atoms with van der Waals surface area (Å²) in [6.07, 6.45) is 3.22. The Labute approximate surface area is 180 Å². The van der Waals surface area contributed by atoms with Gasteiger partial charge in [0.15, 0.2) is 23.1 Å². The van der Waals surface area contributed by atoms with Crippen molar-refractivity contribution in [3.05, 3.63) is 108 Å². The summed E-state index contributed by atoms with van der Waals surface area (Å²) in [4.78, 5) is 7.82. The lowest BCUT2D eigenvalue weighted by atomic mass is 10.2. The molecule has 6 nitrogen and oxygen atoms in total. The molecular weight excluding hydrogens is 395 g/mol. The topological polar surface area (TPSA) is 96.3 Å². The number of anilines is 2. The molecule has 0 bridgehead atoms. The van der Waals surface area contributed by atoms with E-state index < -0.39 is 0 Å². The van der Waals surface area contributed by atoms with Gasteiger partial charge < -0.3 is 20.9 Å². The molecule has 0 atom stereocenters. The number of aromatic nitrogens is 2. The van der Waals surface area contributed by atoms with Crippen LogP contribution in [0.25, 0.3) is 0 Å². The van der Waals surface area contributed by atoms with Gasteiger partial charge in [-0.05, 0) is 35.9 Å². The monoisotopic (exact) mass is 418 g/mol.